The van der Waals surface area contributed by atoms with Gasteiger partial charge in [0.15, 0.2) is 0 Å². The molecule has 86 valence electrons. The van der Waals surface area contributed by atoms with Gasteiger partial charge in [-0.25, -0.2) is 0 Å². The normalized spacial score (nSPS) is 23.2. The standard InChI is InChI=1S/C12H15NO3/c1-2-3-8-12(15)11(14)13-9-6-4-5-7-10(9)16-12/h4-7,15H,2-3,8H2,1H3,(H,13,14)/t12-/m0/s1. The minimum absolute atomic E-state index is 0.309. The second-order valence-electron chi connectivity index (χ2n) is 3.94. The maximum absolute atomic E-state index is 11.7. The summed E-state index contributed by atoms with van der Waals surface area (Å²) in [6.07, 6.45) is 1.95. The van der Waals surface area contributed by atoms with Crippen LogP contribution in [0.15, 0.2) is 24.3 Å². The van der Waals surface area contributed by atoms with E-state index in [0.29, 0.717) is 17.9 Å². The van der Waals surface area contributed by atoms with Gasteiger partial charge in [0.1, 0.15) is 5.75 Å². The number of hydrogen-bond acceptors (Lipinski definition) is 3. The van der Waals surface area contributed by atoms with Crippen LogP contribution < -0.4 is 10.1 Å². The first-order valence-corrected chi connectivity index (χ1v) is 5.47. The third-order valence-electron chi connectivity index (χ3n) is 2.64. The predicted molar refractivity (Wildman–Crippen MR) is 60.2 cm³/mol. The van der Waals surface area contributed by atoms with Crippen molar-refractivity contribution < 1.29 is 14.6 Å². The second kappa shape index (κ2) is 4.14. The van der Waals surface area contributed by atoms with Gasteiger partial charge in [-0.3, -0.25) is 4.79 Å². The quantitative estimate of drug-likeness (QED) is 0.819. The number of amides is 1. The summed E-state index contributed by atoms with van der Waals surface area (Å²) in [6.45, 7) is 2.00. The molecule has 1 heterocycles. The number of benzene rings is 1. The van der Waals surface area contributed by atoms with Crippen LogP contribution in [0.3, 0.4) is 0 Å². The van der Waals surface area contributed by atoms with Gasteiger partial charge in [0.2, 0.25) is 0 Å². The van der Waals surface area contributed by atoms with Gasteiger partial charge in [-0.2, -0.15) is 0 Å². The molecule has 1 aliphatic rings. The highest BCUT2D eigenvalue weighted by atomic mass is 16.6. The van der Waals surface area contributed by atoms with Crippen LogP contribution in [-0.2, 0) is 4.79 Å². The van der Waals surface area contributed by atoms with Crippen molar-refractivity contribution in [3.8, 4) is 5.75 Å². The maximum atomic E-state index is 11.7. The van der Waals surface area contributed by atoms with Crippen LogP contribution in [-0.4, -0.2) is 16.8 Å². The van der Waals surface area contributed by atoms with Crippen LogP contribution in [0.1, 0.15) is 26.2 Å². The Morgan fingerprint density at radius 1 is 1.44 bits per heavy atom. The molecule has 16 heavy (non-hydrogen) atoms. The van der Waals surface area contributed by atoms with Gasteiger partial charge in [0.25, 0.3) is 11.7 Å². The number of anilines is 1. The molecule has 0 spiro atoms. The first kappa shape index (κ1) is 11.0. The molecule has 0 unspecified atom stereocenters. The Kier molecular flexibility index (Phi) is 2.83. The molecular weight excluding hydrogens is 206 g/mol. The molecule has 4 heteroatoms. The summed E-state index contributed by atoms with van der Waals surface area (Å²) in [6, 6.07) is 7.08. The summed E-state index contributed by atoms with van der Waals surface area (Å²) >= 11 is 0. The van der Waals surface area contributed by atoms with Crippen molar-refractivity contribution in [2.45, 2.75) is 32.0 Å². The number of aliphatic hydroxyl groups is 1. The van der Waals surface area contributed by atoms with E-state index in [1.807, 2.05) is 6.92 Å². The van der Waals surface area contributed by atoms with Gasteiger partial charge in [0, 0.05) is 6.42 Å². The fourth-order valence-electron chi connectivity index (χ4n) is 1.69. The Morgan fingerprint density at radius 3 is 2.94 bits per heavy atom. The minimum atomic E-state index is -1.72. The zero-order chi connectivity index (χ0) is 11.6. The number of para-hydroxylation sites is 2. The van der Waals surface area contributed by atoms with Crippen LogP contribution in [0.4, 0.5) is 5.69 Å². The van der Waals surface area contributed by atoms with E-state index in [4.69, 9.17) is 4.74 Å². The minimum Gasteiger partial charge on any atom is -0.451 e. The van der Waals surface area contributed by atoms with Crippen molar-refractivity contribution in [2.24, 2.45) is 0 Å². The fraction of sp³-hybridized carbons (Fsp3) is 0.417. The van der Waals surface area contributed by atoms with E-state index >= 15 is 0 Å². The number of nitrogens with one attached hydrogen (secondary N) is 1. The molecule has 4 nitrogen and oxygen atoms in total. The highest BCUT2D eigenvalue weighted by Crippen LogP contribution is 2.34. The van der Waals surface area contributed by atoms with E-state index in [2.05, 4.69) is 5.32 Å². The zero-order valence-electron chi connectivity index (χ0n) is 9.19. The first-order chi connectivity index (χ1) is 7.65. The van der Waals surface area contributed by atoms with Crippen molar-refractivity contribution in [1.82, 2.24) is 0 Å². The highest BCUT2D eigenvalue weighted by molar-refractivity contribution is 5.99. The average Bonchev–Trinajstić information content (AvgIpc) is 2.28. The summed E-state index contributed by atoms with van der Waals surface area (Å²) in [7, 11) is 0. The Morgan fingerprint density at radius 2 is 2.19 bits per heavy atom. The summed E-state index contributed by atoms with van der Waals surface area (Å²) < 4.78 is 5.38. The van der Waals surface area contributed by atoms with Gasteiger partial charge in [-0.05, 0) is 18.6 Å². The van der Waals surface area contributed by atoms with E-state index in [0.717, 1.165) is 12.8 Å². The van der Waals surface area contributed by atoms with Crippen molar-refractivity contribution >= 4 is 11.6 Å². The Hall–Kier alpha value is -1.55. The van der Waals surface area contributed by atoms with Gasteiger partial charge in [-0.1, -0.05) is 25.5 Å². The smallest absolute Gasteiger partial charge is 0.297 e. The van der Waals surface area contributed by atoms with Crippen LogP contribution in [0.5, 0.6) is 5.75 Å². The van der Waals surface area contributed by atoms with Crippen molar-refractivity contribution in [3.05, 3.63) is 24.3 Å². The van der Waals surface area contributed by atoms with E-state index in [1.54, 1.807) is 24.3 Å². The van der Waals surface area contributed by atoms with Crippen molar-refractivity contribution in [3.63, 3.8) is 0 Å². The lowest BCUT2D eigenvalue weighted by Gasteiger charge is -2.32. The lowest BCUT2D eigenvalue weighted by Crippen LogP contribution is -2.50. The molecule has 1 atom stereocenters. The van der Waals surface area contributed by atoms with Crippen LogP contribution in [0.25, 0.3) is 0 Å². The lowest BCUT2D eigenvalue weighted by atomic mass is 10.1. The Labute approximate surface area is 94.2 Å². The number of hydrogen-bond donors (Lipinski definition) is 2. The molecule has 0 aromatic heterocycles. The van der Waals surface area contributed by atoms with Crippen molar-refractivity contribution in [2.75, 3.05) is 5.32 Å². The Balaban J connectivity index is 2.23. The number of fused-ring (bicyclic) bond motifs is 1. The molecule has 2 N–H and O–H groups in total. The predicted octanol–water partition coefficient (Wildman–Crippen LogP) is 1.90. The molecule has 2 rings (SSSR count). The molecule has 0 saturated carbocycles. The van der Waals surface area contributed by atoms with Crippen molar-refractivity contribution in [1.29, 1.82) is 0 Å². The molecule has 1 aromatic carbocycles. The van der Waals surface area contributed by atoms with Crippen LogP contribution >= 0.6 is 0 Å². The van der Waals surface area contributed by atoms with E-state index in [1.165, 1.54) is 0 Å². The van der Waals surface area contributed by atoms with Crippen LogP contribution in [0.2, 0.25) is 0 Å². The molecule has 0 radical (unpaired) electrons. The molecule has 0 fully saturated rings. The average molecular weight is 221 g/mol. The first-order valence-electron chi connectivity index (χ1n) is 5.47. The van der Waals surface area contributed by atoms with E-state index in [-0.39, 0.29) is 0 Å². The lowest BCUT2D eigenvalue weighted by molar-refractivity contribution is -0.173. The molecule has 0 saturated heterocycles. The van der Waals surface area contributed by atoms with Gasteiger partial charge in [0.05, 0.1) is 5.69 Å². The zero-order valence-corrected chi connectivity index (χ0v) is 9.19. The highest BCUT2D eigenvalue weighted by Gasteiger charge is 2.41. The number of unbranched alkanes of at least 4 members (excludes halogenated alkanes) is 1. The van der Waals surface area contributed by atoms with E-state index in [9.17, 15) is 9.90 Å². The number of rotatable bonds is 3. The molecular formula is C12H15NO3. The fourth-order valence-corrected chi connectivity index (χ4v) is 1.69. The molecule has 0 bridgehead atoms. The molecule has 1 aliphatic heterocycles. The van der Waals surface area contributed by atoms with Gasteiger partial charge in [-0.15, -0.1) is 0 Å². The third-order valence-corrected chi connectivity index (χ3v) is 2.64. The summed E-state index contributed by atoms with van der Waals surface area (Å²) in [4.78, 5) is 11.7. The number of ether oxygens (including phenoxy) is 1. The van der Waals surface area contributed by atoms with Gasteiger partial charge >= 0.3 is 0 Å². The number of carbonyl (C=O) groups excluding carboxylic acids is 1. The molecule has 1 aromatic rings. The van der Waals surface area contributed by atoms with Gasteiger partial charge < -0.3 is 15.2 Å². The van der Waals surface area contributed by atoms with Crippen LogP contribution in [0, 0.1) is 0 Å². The maximum Gasteiger partial charge on any atom is 0.297 e. The topological polar surface area (TPSA) is 58.6 Å². The number of carbonyl (C=O) groups is 1. The van der Waals surface area contributed by atoms with E-state index < -0.39 is 11.7 Å². The largest absolute Gasteiger partial charge is 0.451 e. The summed E-state index contributed by atoms with van der Waals surface area (Å²) in [5, 5.41) is 12.7. The monoisotopic (exact) mass is 221 g/mol. The molecule has 1 amide bonds. The third kappa shape index (κ3) is 1.88. The summed E-state index contributed by atoms with van der Waals surface area (Å²) in [5.41, 5.74) is 0.605. The second-order valence-corrected chi connectivity index (χ2v) is 3.94. The Bertz CT molecular complexity index is 405. The summed E-state index contributed by atoms with van der Waals surface area (Å²) in [5.74, 6) is -1.69. The SMILES string of the molecule is CCCC[C@]1(O)Oc2ccccc2NC1=O. The molecule has 0 aliphatic carbocycles.